The summed E-state index contributed by atoms with van der Waals surface area (Å²) < 4.78 is 5.40. The molecule has 0 amide bonds. The second-order valence-electron chi connectivity index (χ2n) is 4.17. The van der Waals surface area contributed by atoms with Crippen molar-refractivity contribution >= 4 is 5.78 Å². The van der Waals surface area contributed by atoms with E-state index in [0.717, 1.165) is 11.3 Å². The fourth-order valence-electron chi connectivity index (χ4n) is 2.19. The Labute approximate surface area is 101 Å². The highest BCUT2D eigenvalue weighted by molar-refractivity contribution is 5.91. The Morgan fingerprint density at radius 1 is 1.35 bits per heavy atom. The Bertz CT molecular complexity index is 449. The van der Waals surface area contributed by atoms with Crippen molar-refractivity contribution in [3.05, 3.63) is 41.7 Å². The Balaban J connectivity index is 2.22. The molecule has 1 N–H and O–H groups in total. The lowest BCUT2D eigenvalue weighted by Crippen LogP contribution is -2.14. The topological polar surface area (TPSA) is 46.5 Å². The van der Waals surface area contributed by atoms with Gasteiger partial charge in [0.1, 0.15) is 11.5 Å². The summed E-state index contributed by atoms with van der Waals surface area (Å²) in [6.45, 7) is 2.46. The number of benzene rings is 1. The summed E-state index contributed by atoms with van der Waals surface area (Å²) in [7, 11) is 0. The second-order valence-corrected chi connectivity index (χ2v) is 4.17. The number of allylic oxidation sites excluding steroid dienone is 2. The molecule has 1 aliphatic rings. The van der Waals surface area contributed by atoms with Gasteiger partial charge in [0.05, 0.1) is 6.61 Å². The molecule has 1 aliphatic carbocycles. The van der Waals surface area contributed by atoms with E-state index in [-0.39, 0.29) is 17.5 Å². The molecule has 3 heteroatoms. The Kier molecular flexibility index (Phi) is 3.47. The summed E-state index contributed by atoms with van der Waals surface area (Å²) in [6.07, 6.45) is 2.69. The van der Waals surface area contributed by atoms with Crippen LogP contribution in [0.4, 0.5) is 0 Å². The predicted molar refractivity (Wildman–Crippen MR) is 64.8 cm³/mol. The molecule has 0 aliphatic heterocycles. The molecule has 3 nitrogen and oxygen atoms in total. The zero-order chi connectivity index (χ0) is 12.3. The Morgan fingerprint density at radius 3 is 2.82 bits per heavy atom. The number of para-hydroxylation sites is 1. The number of carbonyl (C=O) groups excluding carboxylic acids is 1. The molecule has 0 heterocycles. The average Bonchev–Trinajstić information content (AvgIpc) is 2.29. The predicted octanol–water partition coefficient (Wildman–Crippen LogP) is 2.76. The molecule has 0 fully saturated rings. The summed E-state index contributed by atoms with van der Waals surface area (Å²) >= 11 is 0. The largest absolute Gasteiger partial charge is 0.508 e. The van der Waals surface area contributed by atoms with Crippen LogP contribution in [0.3, 0.4) is 0 Å². The second kappa shape index (κ2) is 5.04. The first-order valence-electron chi connectivity index (χ1n) is 5.84. The van der Waals surface area contributed by atoms with E-state index >= 15 is 0 Å². The van der Waals surface area contributed by atoms with Crippen molar-refractivity contribution in [1.29, 1.82) is 0 Å². The number of phenols is 1. The third-order valence-corrected chi connectivity index (χ3v) is 2.92. The first-order valence-corrected chi connectivity index (χ1v) is 5.84. The number of phenolic OH excluding ortho intramolecular Hbond substituents is 1. The number of ether oxygens (including phenoxy) is 1. The van der Waals surface area contributed by atoms with Gasteiger partial charge in [-0.1, -0.05) is 18.2 Å². The standard InChI is InChI=1S/C14H16O3/c1-2-17-12-8-10(7-11(15)9-12)13-5-3-4-6-14(13)16/h3-6,9-10,16H,2,7-8H2,1H3. The van der Waals surface area contributed by atoms with E-state index in [2.05, 4.69) is 0 Å². The number of rotatable bonds is 3. The molecule has 0 saturated heterocycles. The average molecular weight is 232 g/mol. The molecule has 0 bridgehead atoms. The first-order chi connectivity index (χ1) is 8.20. The van der Waals surface area contributed by atoms with Crippen molar-refractivity contribution in [2.75, 3.05) is 6.61 Å². The summed E-state index contributed by atoms with van der Waals surface area (Å²) in [5.41, 5.74) is 0.825. The zero-order valence-electron chi connectivity index (χ0n) is 9.85. The monoisotopic (exact) mass is 232 g/mol. The number of carbonyl (C=O) groups is 1. The molecule has 1 aromatic rings. The Morgan fingerprint density at radius 2 is 2.12 bits per heavy atom. The van der Waals surface area contributed by atoms with E-state index in [9.17, 15) is 9.90 Å². The molecule has 1 atom stereocenters. The zero-order valence-corrected chi connectivity index (χ0v) is 9.85. The minimum Gasteiger partial charge on any atom is -0.508 e. The van der Waals surface area contributed by atoms with Crippen molar-refractivity contribution < 1.29 is 14.6 Å². The van der Waals surface area contributed by atoms with Gasteiger partial charge in [0, 0.05) is 24.8 Å². The molecule has 17 heavy (non-hydrogen) atoms. The van der Waals surface area contributed by atoms with Gasteiger partial charge in [0.25, 0.3) is 0 Å². The lowest BCUT2D eigenvalue weighted by atomic mass is 9.86. The molecule has 1 aromatic carbocycles. The van der Waals surface area contributed by atoms with Gasteiger partial charge >= 0.3 is 0 Å². The molecule has 1 unspecified atom stereocenters. The smallest absolute Gasteiger partial charge is 0.159 e. The maximum Gasteiger partial charge on any atom is 0.159 e. The fourth-order valence-corrected chi connectivity index (χ4v) is 2.19. The SMILES string of the molecule is CCOC1=CC(=O)CC(c2ccccc2O)C1. The molecule has 0 saturated carbocycles. The highest BCUT2D eigenvalue weighted by Gasteiger charge is 2.24. The maximum absolute atomic E-state index is 11.6. The molecular weight excluding hydrogens is 216 g/mol. The van der Waals surface area contributed by atoms with Crippen LogP contribution < -0.4 is 0 Å². The lowest BCUT2D eigenvalue weighted by Gasteiger charge is -2.22. The summed E-state index contributed by atoms with van der Waals surface area (Å²) in [6, 6.07) is 7.17. The van der Waals surface area contributed by atoms with Crippen molar-refractivity contribution in [3.63, 3.8) is 0 Å². The quantitative estimate of drug-likeness (QED) is 0.871. The van der Waals surface area contributed by atoms with Crippen LogP contribution in [-0.2, 0) is 9.53 Å². The van der Waals surface area contributed by atoms with Crippen LogP contribution in [0.25, 0.3) is 0 Å². The summed E-state index contributed by atoms with van der Waals surface area (Å²) in [5.74, 6) is 1.06. The normalized spacial score (nSPS) is 19.9. The minimum atomic E-state index is 0.0234. The highest BCUT2D eigenvalue weighted by atomic mass is 16.5. The van der Waals surface area contributed by atoms with Gasteiger partial charge in [-0.2, -0.15) is 0 Å². The van der Waals surface area contributed by atoms with Gasteiger partial charge in [-0.3, -0.25) is 4.79 Å². The number of ketones is 1. The summed E-state index contributed by atoms with van der Waals surface area (Å²) in [5, 5.41) is 9.79. The van der Waals surface area contributed by atoms with Crippen LogP contribution in [0.5, 0.6) is 5.75 Å². The van der Waals surface area contributed by atoms with E-state index in [4.69, 9.17) is 4.74 Å². The van der Waals surface area contributed by atoms with Gasteiger partial charge in [0.2, 0.25) is 0 Å². The van der Waals surface area contributed by atoms with E-state index in [1.807, 2.05) is 19.1 Å². The molecular formula is C14H16O3. The van der Waals surface area contributed by atoms with Gasteiger partial charge < -0.3 is 9.84 Å². The molecule has 0 aromatic heterocycles. The third-order valence-electron chi connectivity index (χ3n) is 2.92. The number of hydrogen-bond acceptors (Lipinski definition) is 3. The fraction of sp³-hybridized carbons (Fsp3) is 0.357. The Hall–Kier alpha value is -1.77. The molecule has 90 valence electrons. The van der Waals surface area contributed by atoms with Gasteiger partial charge in [-0.05, 0) is 18.6 Å². The summed E-state index contributed by atoms with van der Waals surface area (Å²) in [4.78, 5) is 11.6. The van der Waals surface area contributed by atoms with Crippen molar-refractivity contribution in [3.8, 4) is 5.75 Å². The maximum atomic E-state index is 11.6. The van der Waals surface area contributed by atoms with Crippen molar-refractivity contribution in [1.82, 2.24) is 0 Å². The molecule has 0 spiro atoms. The van der Waals surface area contributed by atoms with Crippen LogP contribution in [0, 0.1) is 0 Å². The van der Waals surface area contributed by atoms with E-state index < -0.39 is 0 Å². The van der Waals surface area contributed by atoms with Crippen molar-refractivity contribution in [2.45, 2.75) is 25.7 Å². The van der Waals surface area contributed by atoms with E-state index in [0.29, 0.717) is 19.4 Å². The number of aromatic hydroxyl groups is 1. The van der Waals surface area contributed by atoms with Gasteiger partial charge in [0.15, 0.2) is 5.78 Å². The van der Waals surface area contributed by atoms with Gasteiger partial charge in [-0.25, -0.2) is 0 Å². The van der Waals surface area contributed by atoms with Gasteiger partial charge in [-0.15, -0.1) is 0 Å². The van der Waals surface area contributed by atoms with Crippen molar-refractivity contribution in [2.24, 2.45) is 0 Å². The highest BCUT2D eigenvalue weighted by Crippen LogP contribution is 2.35. The van der Waals surface area contributed by atoms with Crippen LogP contribution in [0.1, 0.15) is 31.2 Å². The third kappa shape index (κ3) is 2.67. The lowest BCUT2D eigenvalue weighted by molar-refractivity contribution is -0.115. The van der Waals surface area contributed by atoms with Crippen LogP contribution >= 0.6 is 0 Å². The van der Waals surface area contributed by atoms with Crippen LogP contribution in [0.15, 0.2) is 36.1 Å². The first kappa shape index (κ1) is 11.7. The van der Waals surface area contributed by atoms with E-state index in [1.54, 1.807) is 18.2 Å². The van der Waals surface area contributed by atoms with Crippen LogP contribution in [0.2, 0.25) is 0 Å². The molecule has 2 rings (SSSR count). The minimum absolute atomic E-state index is 0.0234. The van der Waals surface area contributed by atoms with Crippen LogP contribution in [-0.4, -0.2) is 17.5 Å². The molecule has 0 radical (unpaired) electrons. The number of hydrogen-bond donors (Lipinski definition) is 1. The van der Waals surface area contributed by atoms with E-state index in [1.165, 1.54) is 0 Å².